The van der Waals surface area contributed by atoms with Crippen molar-refractivity contribution < 1.29 is 9.32 Å². The molecule has 20 heavy (non-hydrogen) atoms. The minimum atomic E-state index is -0.375. The second-order valence-electron chi connectivity index (χ2n) is 3.88. The highest BCUT2D eigenvalue weighted by molar-refractivity contribution is 7.14. The van der Waals surface area contributed by atoms with Gasteiger partial charge in [0.05, 0.1) is 11.9 Å². The summed E-state index contributed by atoms with van der Waals surface area (Å²) in [5, 5.41) is 9.16. The molecule has 0 spiro atoms. The van der Waals surface area contributed by atoms with E-state index in [4.69, 9.17) is 16.1 Å². The van der Waals surface area contributed by atoms with Crippen molar-refractivity contribution in [1.82, 2.24) is 10.1 Å². The van der Waals surface area contributed by atoms with E-state index in [1.165, 1.54) is 23.6 Å². The van der Waals surface area contributed by atoms with Gasteiger partial charge in [-0.3, -0.25) is 10.1 Å². The van der Waals surface area contributed by atoms with Crippen LogP contribution >= 0.6 is 22.9 Å². The van der Waals surface area contributed by atoms with Gasteiger partial charge in [-0.2, -0.15) is 0 Å². The summed E-state index contributed by atoms with van der Waals surface area (Å²) in [5.41, 5.74) is 1.71. The first-order valence-electron chi connectivity index (χ1n) is 5.66. The molecular formula is C13H8ClN3O2S. The Morgan fingerprint density at radius 3 is 2.75 bits per heavy atom. The lowest BCUT2D eigenvalue weighted by atomic mass is 10.2. The second kappa shape index (κ2) is 5.44. The van der Waals surface area contributed by atoms with E-state index >= 15 is 0 Å². The van der Waals surface area contributed by atoms with E-state index in [1.807, 2.05) is 17.5 Å². The van der Waals surface area contributed by atoms with Crippen LogP contribution in [0.4, 0.5) is 5.13 Å². The van der Waals surface area contributed by atoms with Crippen molar-refractivity contribution in [3.63, 3.8) is 0 Å². The number of anilines is 1. The molecule has 0 atom stereocenters. The van der Waals surface area contributed by atoms with E-state index in [0.29, 0.717) is 10.2 Å². The summed E-state index contributed by atoms with van der Waals surface area (Å²) < 4.78 is 4.77. The van der Waals surface area contributed by atoms with E-state index in [1.54, 1.807) is 12.1 Å². The zero-order valence-corrected chi connectivity index (χ0v) is 11.6. The molecule has 0 radical (unpaired) electrons. The molecule has 2 heterocycles. The Hall–Kier alpha value is -2.18. The molecule has 100 valence electrons. The van der Waals surface area contributed by atoms with Gasteiger partial charge in [0, 0.05) is 22.0 Å². The molecule has 1 N–H and O–H groups in total. The average molecular weight is 306 g/mol. The first-order valence-corrected chi connectivity index (χ1v) is 6.91. The summed E-state index contributed by atoms with van der Waals surface area (Å²) >= 11 is 7.18. The Bertz CT molecular complexity index is 722. The van der Waals surface area contributed by atoms with Crippen LogP contribution in [0, 0.1) is 0 Å². The molecular weight excluding hydrogens is 298 g/mol. The number of amides is 1. The van der Waals surface area contributed by atoms with Crippen molar-refractivity contribution in [2.24, 2.45) is 0 Å². The summed E-state index contributed by atoms with van der Waals surface area (Å²) in [6.45, 7) is 0. The zero-order chi connectivity index (χ0) is 13.9. The van der Waals surface area contributed by atoms with Gasteiger partial charge in [-0.15, -0.1) is 11.3 Å². The highest BCUT2D eigenvalue weighted by atomic mass is 35.5. The Morgan fingerprint density at radius 1 is 1.25 bits per heavy atom. The number of thiazole rings is 1. The number of hydrogen-bond acceptors (Lipinski definition) is 5. The maximum absolute atomic E-state index is 11.8. The van der Waals surface area contributed by atoms with Crippen LogP contribution in [-0.2, 0) is 0 Å². The second-order valence-corrected chi connectivity index (χ2v) is 5.17. The van der Waals surface area contributed by atoms with Gasteiger partial charge >= 0.3 is 0 Å². The minimum Gasteiger partial charge on any atom is -0.351 e. The van der Waals surface area contributed by atoms with Gasteiger partial charge in [0.1, 0.15) is 0 Å². The molecule has 5 nitrogen and oxygen atoms in total. The van der Waals surface area contributed by atoms with Crippen molar-refractivity contribution in [1.29, 1.82) is 0 Å². The topological polar surface area (TPSA) is 68.0 Å². The number of benzene rings is 1. The van der Waals surface area contributed by atoms with Crippen LogP contribution in [0.5, 0.6) is 0 Å². The van der Waals surface area contributed by atoms with Crippen molar-refractivity contribution in [2.75, 3.05) is 5.32 Å². The van der Waals surface area contributed by atoms with Crippen molar-refractivity contribution in [3.8, 4) is 11.3 Å². The fourth-order valence-electron chi connectivity index (χ4n) is 1.58. The number of nitrogens with zero attached hydrogens (tertiary/aromatic N) is 2. The van der Waals surface area contributed by atoms with Crippen LogP contribution in [0.2, 0.25) is 5.02 Å². The monoisotopic (exact) mass is 305 g/mol. The summed E-state index contributed by atoms with van der Waals surface area (Å²) in [6, 6.07) is 8.83. The number of nitrogens with one attached hydrogen (secondary N) is 1. The molecule has 0 saturated heterocycles. The number of hydrogen-bond donors (Lipinski definition) is 1. The van der Waals surface area contributed by atoms with Crippen LogP contribution in [0.15, 0.2) is 46.4 Å². The molecule has 0 aliphatic heterocycles. The zero-order valence-electron chi connectivity index (χ0n) is 10.0. The number of halogens is 1. The van der Waals surface area contributed by atoms with E-state index in [2.05, 4.69) is 15.5 Å². The van der Waals surface area contributed by atoms with Gasteiger partial charge in [0.15, 0.2) is 5.13 Å². The Kier molecular flexibility index (Phi) is 3.49. The van der Waals surface area contributed by atoms with Gasteiger partial charge in [0.25, 0.3) is 5.91 Å². The van der Waals surface area contributed by atoms with E-state index in [-0.39, 0.29) is 11.7 Å². The molecule has 1 amide bonds. The first kappa shape index (κ1) is 12.8. The Balaban J connectivity index is 1.77. The molecule has 0 saturated carbocycles. The van der Waals surface area contributed by atoms with Crippen molar-refractivity contribution in [3.05, 3.63) is 52.7 Å². The predicted molar refractivity (Wildman–Crippen MR) is 77.0 cm³/mol. The maximum atomic E-state index is 11.8. The SMILES string of the molecule is O=C(Nc1nc(-c2ccc(Cl)cc2)cs1)c1ccno1. The lowest BCUT2D eigenvalue weighted by Crippen LogP contribution is -2.10. The van der Waals surface area contributed by atoms with E-state index in [9.17, 15) is 4.79 Å². The summed E-state index contributed by atoms with van der Waals surface area (Å²) in [6.07, 6.45) is 1.41. The summed E-state index contributed by atoms with van der Waals surface area (Å²) in [7, 11) is 0. The molecule has 3 rings (SSSR count). The number of rotatable bonds is 3. The number of carbonyl (C=O) groups excluding carboxylic acids is 1. The average Bonchev–Trinajstić information content (AvgIpc) is 3.10. The molecule has 1 aromatic carbocycles. The smallest absolute Gasteiger partial charge is 0.296 e. The molecule has 0 fully saturated rings. The van der Waals surface area contributed by atoms with Crippen molar-refractivity contribution >= 4 is 34.0 Å². The van der Waals surface area contributed by atoms with Gasteiger partial charge in [0.2, 0.25) is 5.76 Å². The van der Waals surface area contributed by atoms with Crippen molar-refractivity contribution in [2.45, 2.75) is 0 Å². The van der Waals surface area contributed by atoms with Crippen LogP contribution in [0.1, 0.15) is 10.6 Å². The standard InChI is InChI=1S/C13H8ClN3O2S/c14-9-3-1-8(2-4-9)10-7-20-13(16-10)17-12(18)11-5-6-15-19-11/h1-7H,(H,16,17,18). The number of aromatic nitrogens is 2. The highest BCUT2D eigenvalue weighted by Gasteiger charge is 2.12. The van der Waals surface area contributed by atoms with Crippen LogP contribution in [0.25, 0.3) is 11.3 Å². The first-order chi connectivity index (χ1) is 9.72. The molecule has 0 bridgehead atoms. The van der Waals surface area contributed by atoms with E-state index in [0.717, 1.165) is 11.3 Å². The molecule has 0 aliphatic rings. The highest BCUT2D eigenvalue weighted by Crippen LogP contribution is 2.26. The Labute approximate surface area is 123 Å². The molecule has 7 heteroatoms. The van der Waals surface area contributed by atoms with E-state index < -0.39 is 0 Å². The third-order valence-corrected chi connectivity index (χ3v) is 3.54. The third kappa shape index (κ3) is 2.71. The molecule has 3 aromatic rings. The van der Waals surface area contributed by atoms with Gasteiger partial charge in [-0.05, 0) is 12.1 Å². The van der Waals surface area contributed by atoms with Crippen LogP contribution in [0.3, 0.4) is 0 Å². The molecule has 0 unspecified atom stereocenters. The van der Waals surface area contributed by atoms with Gasteiger partial charge in [-0.1, -0.05) is 28.9 Å². The predicted octanol–water partition coefficient (Wildman–Crippen LogP) is 3.70. The third-order valence-electron chi connectivity index (χ3n) is 2.53. The molecule has 0 aliphatic carbocycles. The molecule has 2 aromatic heterocycles. The minimum absolute atomic E-state index is 0.147. The lowest BCUT2D eigenvalue weighted by molar-refractivity contribution is 0.0988. The lowest BCUT2D eigenvalue weighted by Gasteiger charge is -1.97. The fourth-order valence-corrected chi connectivity index (χ4v) is 2.42. The van der Waals surface area contributed by atoms with Gasteiger partial charge in [-0.25, -0.2) is 4.98 Å². The van der Waals surface area contributed by atoms with Gasteiger partial charge < -0.3 is 4.52 Å². The summed E-state index contributed by atoms with van der Waals surface area (Å²) in [4.78, 5) is 16.1. The summed E-state index contributed by atoms with van der Waals surface area (Å²) in [5.74, 6) is -0.229. The van der Waals surface area contributed by atoms with Crippen LogP contribution in [-0.4, -0.2) is 16.0 Å². The fraction of sp³-hybridized carbons (Fsp3) is 0. The quantitative estimate of drug-likeness (QED) is 0.801. The largest absolute Gasteiger partial charge is 0.351 e. The Morgan fingerprint density at radius 2 is 2.05 bits per heavy atom. The maximum Gasteiger partial charge on any atom is 0.296 e. The normalized spacial score (nSPS) is 10.4. The van der Waals surface area contributed by atoms with Crippen LogP contribution < -0.4 is 5.32 Å². The number of carbonyl (C=O) groups is 1.